The van der Waals surface area contributed by atoms with Crippen molar-refractivity contribution in [2.45, 2.75) is 38.5 Å². The maximum Gasteiger partial charge on any atom is 0.247 e. The van der Waals surface area contributed by atoms with E-state index in [9.17, 15) is 14.9 Å². The van der Waals surface area contributed by atoms with Crippen molar-refractivity contribution in [3.8, 4) is 6.07 Å². The van der Waals surface area contributed by atoms with E-state index < -0.39 is 5.41 Å². The number of nitrogens with one attached hydrogen (secondary N) is 1. The van der Waals surface area contributed by atoms with E-state index >= 15 is 0 Å². The quantitative estimate of drug-likeness (QED) is 0.675. The van der Waals surface area contributed by atoms with Gasteiger partial charge in [-0.1, -0.05) is 0 Å². The number of carbonyl (C=O) groups is 2. The Morgan fingerprint density at radius 3 is 2.88 bits per heavy atom. The molecule has 2 aromatic rings. The zero-order valence-corrected chi connectivity index (χ0v) is 18.8. The Kier molecular flexibility index (Phi) is 5.62. The molecule has 3 aliphatic rings. The molecule has 2 aliphatic heterocycles. The fraction of sp³-hybridized carbons (Fsp3) is 0.542. The van der Waals surface area contributed by atoms with Crippen molar-refractivity contribution in [3.63, 3.8) is 0 Å². The molecular formula is C24H28N6O3. The van der Waals surface area contributed by atoms with E-state index in [1.165, 1.54) is 0 Å². The highest BCUT2D eigenvalue weighted by molar-refractivity contribution is 6.02. The van der Waals surface area contributed by atoms with E-state index in [1.54, 1.807) is 41.0 Å². The van der Waals surface area contributed by atoms with Crippen molar-refractivity contribution >= 4 is 29.0 Å². The topological polar surface area (TPSA) is 113 Å². The number of ether oxygens (including phenoxy) is 1. The zero-order valence-electron chi connectivity index (χ0n) is 18.8. The molecule has 4 heterocycles. The van der Waals surface area contributed by atoms with Gasteiger partial charge < -0.3 is 15.0 Å². The molecule has 2 aromatic heterocycles. The van der Waals surface area contributed by atoms with Crippen LogP contribution in [0.5, 0.6) is 0 Å². The summed E-state index contributed by atoms with van der Waals surface area (Å²) < 4.78 is 7.08. The Labute approximate surface area is 192 Å². The maximum atomic E-state index is 13.1. The first-order valence-corrected chi connectivity index (χ1v) is 11.6. The second kappa shape index (κ2) is 8.60. The fourth-order valence-corrected chi connectivity index (χ4v) is 5.05. The monoisotopic (exact) mass is 448 g/mol. The second-order valence-electron chi connectivity index (χ2n) is 9.23. The van der Waals surface area contributed by atoms with Crippen LogP contribution >= 0.6 is 0 Å². The van der Waals surface area contributed by atoms with Crippen LogP contribution in [0.3, 0.4) is 0 Å². The highest BCUT2D eigenvalue weighted by Crippen LogP contribution is 2.51. The lowest BCUT2D eigenvalue weighted by molar-refractivity contribution is -0.123. The minimum Gasteiger partial charge on any atom is -0.381 e. The summed E-state index contributed by atoms with van der Waals surface area (Å²) in [5.41, 5.74) is 0.385. The molecule has 9 nitrogen and oxygen atoms in total. The summed E-state index contributed by atoms with van der Waals surface area (Å²) in [5.74, 6) is 1.16. The molecule has 1 saturated carbocycles. The van der Waals surface area contributed by atoms with Gasteiger partial charge in [0.15, 0.2) is 11.6 Å². The van der Waals surface area contributed by atoms with Gasteiger partial charge in [-0.15, -0.1) is 0 Å². The predicted octanol–water partition coefficient (Wildman–Crippen LogP) is 3.21. The van der Waals surface area contributed by atoms with Crippen LogP contribution in [0.1, 0.15) is 49.0 Å². The number of nitrogens with zero attached hydrogens (tertiary/aromatic N) is 5. The second-order valence-corrected chi connectivity index (χ2v) is 9.23. The van der Waals surface area contributed by atoms with Crippen LogP contribution in [0.4, 0.5) is 17.3 Å². The van der Waals surface area contributed by atoms with E-state index in [2.05, 4.69) is 21.5 Å². The Morgan fingerprint density at radius 2 is 2.09 bits per heavy atom. The molecule has 0 aromatic carbocycles. The third kappa shape index (κ3) is 4.00. The molecule has 9 heteroatoms. The molecule has 0 radical (unpaired) electrons. The van der Waals surface area contributed by atoms with E-state index in [4.69, 9.17) is 4.74 Å². The third-order valence-electron chi connectivity index (χ3n) is 7.10. The van der Waals surface area contributed by atoms with Gasteiger partial charge in [0, 0.05) is 56.7 Å². The van der Waals surface area contributed by atoms with E-state index in [0.29, 0.717) is 49.2 Å². The van der Waals surface area contributed by atoms with Gasteiger partial charge in [0.05, 0.1) is 6.07 Å². The van der Waals surface area contributed by atoms with E-state index in [1.807, 2.05) is 0 Å². The molecule has 172 valence electrons. The van der Waals surface area contributed by atoms with Gasteiger partial charge in [-0.25, -0.2) is 4.98 Å². The van der Waals surface area contributed by atoms with Crippen LogP contribution < -0.4 is 10.2 Å². The minimum absolute atomic E-state index is 0.0507. The molecule has 2 saturated heterocycles. The number of anilines is 3. The number of aryl methyl sites for hydroxylation is 1. The van der Waals surface area contributed by atoms with Crippen LogP contribution in [0.25, 0.3) is 0 Å². The SMILES string of the molecule is Cn1nc(Nc2cc(N3CC[C@@](C#N)(C4CC4)C3=O)ccn2)cc1C(=O)C1CCCOCC1. The molecule has 1 aliphatic carbocycles. The van der Waals surface area contributed by atoms with E-state index in [-0.39, 0.29) is 23.5 Å². The summed E-state index contributed by atoms with van der Waals surface area (Å²) in [7, 11) is 1.76. The van der Waals surface area contributed by atoms with Gasteiger partial charge in [-0.05, 0) is 50.5 Å². The summed E-state index contributed by atoms with van der Waals surface area (Å²) in [5, 5.41) is 17.3. The van der Waals surface area contributed by atoms with Crippen LogP contribution in [-0.4, -0.2) is 46.2 Å². The number of hydrogen-bond donors (Lipinski definition) is 1. The van der Waals surface area contributed by atoms with Crippen LogP contribution in [0.15, 0.2) is 24.4 Å². The van der Waals surface area contributed by atoms with Crippen molar-refractivity contribution in [1.82, 2.24) is 14.8 Å². The van der Waals surface area contributed by atoms with Crippen molar-refractivity contribution in [2.24, 2.45) is 24.3 Å². The van der Waals surface area contributed by atoms with Crippen molar-refractivity contribution < 1.29 is 14.3 Å². The highest BCUT2D eigenvalue weighted by atomic mass is 16.5. The van der Waals surface area contributed by atoms with Gasteiger partial charge in [0.25, 0.3) is 0 Å². The summed E-state index contributed by atoms with van der Waals surface area (Å²) >= 11 is 0. The Hall–Kier alpha value is -3.25. The highest BCUT2D eigenvalue weighted by Gasteiger charge is 2.56. The lowest BCUT2D eigenvalue weighted by atomic mass is 9.83. The molecule has 0 spiro atoms. The Balaban J connectivity index is 1.32. The summed E-state index contributed by atoms with van der Waals surface area (Å²) in [6, 6.07) is 7.64. The molecule has 1 amide bonds. The summed E-state index contributed by atoms with van der Waals surface area (Å²) in [6.07, 6.45) is 6.54. The fourth-order valence-electron chi connectivity index (χ4n) is 5.05. The first kappa shape index (κ1) is 21.6. The van der Waals surface area contributed by atoms with Gasteiger partial charge in [-0.3, -0.25) is 14.3 Å². The number of ketones is 1. The number of rotatable bonds is 6. The van der Waals surface area contributed by atoms with Crippen LogP contribution in [0, 0.1) is 28.6 Å². The lowest BCUT2D eigenvalue weighted by Gasteiger charge is -2.21. The lowest BCUT2D eigenvalue weighted by Crippen LogP contribution is -2.35. The first-order valence-electron chi connectivity index (χ1n) is 11.6. The van der Waals surface area contributed by atoms with Crippen LogP contribution in [0.2, 0.25) is 0 Å². The molecule has 1 unspecified atom stereocenters. The summed E-state index contributed by atoms with van der Waals surface area (Å²) in [4.78, 5) is 32.2. The van der Waals surface area contributed by atoms with Gasteiger partial charge >= 0.3 is 0 Å². The number of pyridine rings is 1. The number of Topliss-reactive ketones (excluding diaryl/α,β-unsaturated/α-hetero) is 1. The number of nitriles is 1. The largest absolute Gasteiger partial charge is 0.381 e. The number of aromatic nitrogens is 3. The molecular weight excluding hydrogens is 420 g/mol. The van der Waals surface area contributed by atoms with Gasteiger partial charge in [-0.2, -0.15) is 10.4 Å². The van der Waals surface area contributed by atoms with Gasteiger partial charge in [0.1, 0.15) is 16.9 Å². The number of carbonyl (C=O) groups excluding carboxylic acids is 2. The number of amides is 1. The molecule has 5 rings (SSSR count). The van der Waals surface area contributed by atoms with Crippen LogP contribution in [-0.2, 0) is 16.6 Å². The average molecular weight is 449 g/mol. The maximum absolute atomic E-state index is 13.1. The normalized spacial score (nSPS) is 25.5. The Morgan fingerprint density at radius 1 is 1.24 bits per heavy atom. The molecule has 33 heavy (non-hydrogen) atoms. The van der Waals surface area contributed by atoms with E-state index in [0.717, 1.165) is 32.1 Å². The smallest absolute Gasteiger partial charge is 0.247 e. The molecule has 1 N–H and O–H groups in total. The van der Waals surface area contributed by atoms with Crippen molar-refractivity contribution in [1.29, 1.82) is 5.26 Å². The molecule has 0 bridgehead atoms. The molecule has 2 atom stereocenters. The Bertz CT molecular complexity index is 1110. The first-order chi connectivity index (χ1) is 16.0. The summed E-state index contributed by atoms with van der Waals surface area (Å²) in [6.45, 7) is 1.85. The van der Waals surface area contributed by atoms with Gasteiger partial charge in [0.2, 0.25) is 5.91 Å². The molecule has 3 fully saturated rings. The number of hydrogen-bond acceptors (Lipinski definition) is 7. The standard InChI is InChI=1S/C24H28N6O3/c1-29-19(22(31)16-3-2-11-33-12-7-16)14-21(28-29)27-20-13-18(6-9-26-20)30-10-8-24(15-25,23(30)32)17-4-5-17/h6,9,13-14,16-17H,2-5,7-8,10-12H2,1H3,(H,26,27,28)/t16?,24-/m1/s1. The minimum atomic E-state index is -0.879. The van der Waals surface area contributed by atoms with Crippen molar-refractivity contribution in [2.75, 3.05) is 30.0 Å². The third-order valence-corrected chi connectivity index (χ3v) is 7.10. The van der Waals surface area contributed by atoms with Crippen molar-refractivity contribution in [3.05, 3.63) is 30.1 Å². The zero-order chi connectivity index (χ0) is 23.0. The predicted molar refractivity (Wildman–Crippen MR) is 121 cm³/mol. The average Bonchev–Trinajstić information content (AvgIpc) is 3.58.